The summed E-state index contributed by atoms with van der Waals surface area (Å²) < 4.78 is 6.08. The number of carbonyl (C=O) groups excluding carboxylic acids is 1. The van der Waals surface area contributed by atoms with Crippen LogP contribution in [-0.2, 0) is 6.16 Å². The number of carbonyl (C=O) groups is 1. The Kier molecular flexibility index (Phi) is 6.41. The summed E-state index contributed by atoms with van der Waals surface area (Å²) in [5.41, 5.74) is 0.712. The molecule has 1 saturated heterocycles. The Morgan fingerprint density at radius 3 is 1.67 bits per heavy atom. The molecule has 0 unspecified atom stereocenters. The molecule has 0 spiro atoms. The Labute approximate surface area is 196 Å². The maximum Gasteiger partial charge on any atom is 0.257 e. The van der Waals surface area contributed by atoms with Gasteiger partial charge in [0.2, 0.25) is 0 Å². The van der Waals surface area contributed by atoms with Crippen molar-refractivity contribution in [3.05, 3.63) is 115 Å². The van der Waals surface area contributed by atoms with E-state index in [1.54, 1.807) is 6.26 Å². The number of piperidine rings is 1. The highest BCUT2D eigenvalue weighted by molar-refractivity contribution is 7.95. The molecule has 1 aromatic heterocycles. The van der Waals surface area contributed by atoms with Crippen molar-refractivity contribution in [2.75, 3.05) is 13.1 Å². The molecule has 2 heterocycles. The summed E-state index contributed by atoms with van der Waals surface area (Å²) in [6, 6.07) is 34.1. The molecule has 166 valence electrons. The average molecular weight is 455 g/mol. The van der Waals surface area contributed by atoms with Crippen molar-refractivity contribution in [2.24, 2.45) is 0 Å². The summed E-state index contributed by atoms with van der Waals surface area (Å²) in [4.78, 5) is 15.4. The molecule has 1 aliphatic rings. The van der Waals surface area contributed by atoms with Gasteiger partial charge in [0.05, 0.1) is 11.8 Å². The van der Waals surface area contributed by atoms with E-state index in [0.717, 1.165) is 31.7 Å². The molecule has 1 amide bonds. The largest absolute Gasteiger partial charge is 0.465 e. The summed E-state index contributed by atoms with van der Waals surface area (Å²) in [5, 5.41) is 3.86. The second kappa shape index (κ2) is 9.77. The Bertz CT molecular complexity index is 1090. The quantitative estimate of drug-likeness (QED) is 0.366. The third-order valence-corrected chi connectivity index (χ3v) is 10.9. The molecular weight excluding hydrogens is 425 g/mol. The van der Waals surface area contributed by atoms with Gasteiger partial charge in [0.25, 0.3) is 5.91 Å². The van der Waals surface area contributed by atoms with Gasteiger partial charge in [-0.2, -0.15) is 0 Å². The van der Waals surface area contributed by atoms with E-state index in [1.165, 1.54) is 22.3 Å². The molecule has 3 nitrogen and oxygen atoms in total. The van der Waals surface area contributed by atoms with Gasteiger partial charge in [-0.15, -0.1) is 0 Å². The van der Waals surface area contributed by atoms with Gasteiger partial charge >= 0.3 is 0 Å². The van der Waals surface area contributed by atoms with E-state index in [0.29, 0.717) is 11.7 Å². The smallest absolute Gasteiger partial charge is 0.257 e. The summed E-state index contributed by atoms with van der Waals surface area (Å²) in [6.45, 7) is 1.67. The zero-order chi connectivity index (χ0) is 22.5. The first-order valence-corrected chi connectivity index (χ1v) is 13.7. The minimum absolute atomic E-state index is 0.103. The fourth-order valence-electron chi connectivity index (χ4n) is 4.90. The highest BCUT2D eigenvalue weighted by atomic mass is 31.2. The Morgan fingerprint density at radius 2 is 1.18 bits per heavy atom. The molecule has 0 aliphatic carbocycles. The zero-order valence-electron chi connectivity index (χ0n) is 18.8. The zero-order valence-corrected chi connectivity index (χ0v) is 19.7. The highest BCUT2D eigenvalue weighted by Gasteiger charge is 2.47. The Morgan fingerprint density at radius 1 is 0.697 bits per heavy atom. The number of nitrogens with zero attached hydrogens (tertiary/aromatic N) is 1. The SMILES string of the molecule is O=C(c1ccoc1C[P+](c1ccccc1)(c1ccccc1)c1ccccc1)N1CCCCC1. The van der Waals surface area contributed by atoms with Crippen LogP contribution in [0.5, 0.6) is 0 Å². The van der Waals surface area contributed by atoms with Crippen molar-refractivity contribution in [1.82, 2.24) is 4.90 Å². The summed E-state index contributed by atoms with van der Waals surface area (Å²) >= 11 is 0. The van der Waals surface area contributed by atoms with Crippen LogP contribution >= 0.6 is 7.26 Å². The monoisotopic (exact) mass is 454 g/mol. The van der Waals surface area contributed by atoms with Crippen molar-refractivity contribution in [3.63, 3.8) is 0 Å². The number of furan rings is 1. The van der Waals surface area contributed by atoms with Crippen LogP contribution in [0, 0.1) is 0 Å². The lowest BCUT2D eigenvalue weighted by Crippen LogP contribution is -2.36. The second-order valence-electron chi connectivity index (χ2n) is 8.58. The maximum atomic E-state index is 13.5. The molecule has 4 aromatic rings. The third kappa shape index (κ3) is 4.26. The van der Waals surface area contributed by atoms with Crippen LogP contribution in [0.2, 0.25) is 0 Å². The predicted octanol–water partition coefficient (Wildman–Crippen LogP) is 5.40. The van der Waals surface area contributed by atoms with Crippen molar-refractivity contribution in [1.29, 1.82) is 0 Å². The van der Waals surface area contributed by atoms with Crippen LogP contribution in [0.4, 0.5) is 0 Å². The molecule has 1 fully saturated rings. The van der Waals surface area contributed by atoms with Crippen molar-refractivity contribution in [2.45, 2.75) is 25.4 Å². The van der Waals surface area contributed by atoms with Gasteiger partial charge in [0, 0.05) is 13.1 Å². The number of amides is 1. The van der Waals surface area contributed by atoms with E-state index in [2.05, 4.69) is 91.0 Å². The molecule has 3 aromatic carbocycles. The number of hydrogen-bond acceptors (Lipinski definition) is 2. The van der Waals surface area contributed by atoms with Crippen molar-refractivity contribution < 1.29 is 9.21 Å². The molecule has 4 heteroatoms. The van der Waals surface area contributed by atoms with Crippen LogP contribution in [-0.4, -0.2) is 23.9 Å². The lowest BCUT2D eigenvalue weighted by Gasteiger charge is -2.28. The summed E-state index contributed by atoms with van der Waals surface area (Å²) in [5.74, 6) is 0.890. The molecule has 33 heavy (non-hydrogen) atoms. The minimum atomic E-state index is -2.11. The second-order valence-corrected chi connectivity index (χ2v) is 12.1. The van der Waals surface area contributed by atoms with Crippen LogP contribution in [0.15, 0.2) is 108 Å². The number of likely N-dealkylation sites (tertiary alicyclic amines) is 1. The molecule has 0 saturated carbocycles. The number of hydrogen-bond donors (Lipinski definition) is 0. The lowest BCUT2D eigenvalue weighted by molar-refractivity contribution is 0.0722. The van der Waals surface area contributed by atoms with Gasteiger partial charge in [-0.05, 0) is 61.7 Å². The van der Waals surface area contributed by atoms with Crippen LogP contribution < -0.4 is 15.9 Å². The Hall–Kier alpha value is -3.16. The molecule has 1 aliphatic heterocycles. The van der Waals surface area contributed by atoms with E-state index in [9.17, 15) is 4.79 Å². The molecule has 5 rings (SSSR count). The Balaban J connectivity index is 1.66. The third-order valence-electron chi connectivity index (χ3n) is 6.59. The number of rotatable bonds is 6. The highest BCUT2D eigenvalue weighted by Crippen LogP contribution is 2.58. The molecule has 0 bridgehead atoms. The molecular formula is C29H29NO2P+. The first-order chi connectivity index (χ1) is 16.3. The van der Waals surface area contributed by atoms with E-state index in [-0.39, 0.29) is 5.91 Å². The van der Waals surface area contributed by atoms with Crippen molar-refractivity contribution >= 4 is 29.1 Å². The van der Waals surface area contributed by atoms with Crippen molar-refractivity contribution in [3.8, 4) is 0 Å². The van der Waals surface area contributed by atoms with Gasteiger partial charge in [-0.1, -0.05) is 54.6 Å². The summed E-state index contributed by atoms with van der Waals surface area (Å²) in [6.07, 6.45) is 5.71. The minimum Gasteiger partial charge on any atom is -0.465 e. The lowest BCUT2D eigenvalue weighted by atomic mass is 10.1. The van der Waals surface area contributed by atoms with Gasteiger partial charge < -0.3 is 9.32 Å². The number of benzene rings is 3. The summed E-state index contributed by atoms with van der Waals surface area (Å²) in [7, 11) is -2.11. The van der Waals surface area contributed by atoms with E-state index in [1.807, 2.05) is 11.0 Å². The van der Waals surface area contributed by atoms with Gasteiger partial charge in [0.1, 0.15) is 29.3 Å². The maximum absolute atomic E-state index is 13.5. The first-order valence-electron chi connectivity index (χ1n) is 11.7. The van der Waals surface area contributed by atoms with Crippen LogP contribution in [0.25, 0.3) is 0 Å². The van der Waals surface area contributed by atoms with Crippen LogP contribution in [0.1, 0.15) is 35.4 Å². The molecule has 0 N–H and O–H groups in total. The van der Waals surface area contributed by atoms with E-state index < -0.39 is 7.26 Å². The van der Waals surface area contributed by atoms with Gasteiger partial charge in [-0.25, -0.2) is 0 Å². The van der Waals surface area contributed by atoms with Gasteiger partial charge in [0.15, 0.2) is 5.76 Å². The topological polar surface area (TPSA) is 33.5 Å². The van der Waals surface area contributed by atoms with E-state index >= 15 is 0 Å². The predicted molar refractivity (Wildman–Crippen MR) is 137 cm³/mol. The molecule has 0 atom stereocenters. The molecule has 0 radical (unpaired) electrons. The first kappa shape index (κ1) is 21.7. The van der Waals surface area contributed by atoms with Crippen LogP contribution in [0.3, 0.4) is 0 Å². The fourth-order valence-corrected chi connectivity index (χ4v) is 9.07. The van der Waals surface area contributed by atoms with E-state index in [4.69, 9.17) is 4.42 Å². The fraction of sp³-hybridized carbons (Fsp3) is 0.207. The average Bonchev–Trinajstić information content (AvgIpc) is 3.37. The normalized spacial score (nSPS) is 14.2. The standard InChI is InChI=1S/C29H29NO2P/c31-29(30-20-11-4-12-21-30)27-19-22-32-28(27)23-33(24-13-5-1-6-14-24,25-15-7-2-8-16-25)26-17-9-3-10-18-26/h1-3,5-10,13-19,22H,4,11-12,20-21,23H2/q+1. The van der Waals surface area contributed by atoms with Gasteiger partial charge in [-0.3, -0.25) is 4.79 Å².